The monoisotopic (exact) mass is 231 g/mol. The number of rotatable bonds is 5. The molecule has 2 rings (SSSR count). The van der Waals surface area contributed by atoms with Crippen molar-refractivity contribution in [3.05, 3.63) is 54.0 Å². The van der Waals surface area contributed by atoms with E-state index >= 15 is 0 Å². The lowest BCUT2D eigenvalue weighted by Gasteiger charge is -2.08. The molecule has 1 aromatic carbocycles. The Bertz CT molecular complexity index is 434. The molecule has 0 aliphatic rings. The lowest BCUT2D eigenvalue weighted by molar-refractivity contribution is 0.414. The summed E-state index contributed by atoms with van der Waals surface area (Å²) < 4.78 is 10.4. The van der Waals surface area contributed by atoms with Gasteiger partial charge in [-0.15, -0.1) is 0 Å². The molecule has 3 heteroatoms. The molecule has 1 aromatic heterocycles. The first-order chi connectivity index (χ1) is 8.29. The van der Waals surface area contributed by atoms with Crippen LogP contribution in [0.15, 0.2) is 47.1 Å². The van der Waals surface area contributed by atoms with Gasteiger partial charge >= 0.3 is 0 Å². The normalized spacial score (nSPS) is 12.4. The minimum Gasteiger partial charge on any atom is -0.497 e. The van der Waals surface area contributed by atoms with Gasteiger partial charge in [0.1, 0.15) is 11.5 Å². The number of hydrogen-bond acceptors (Lipinski definition) is 3. The van der Waals surface area contributed by atoms with E-state index < -0.39 is 0 Å². The summed E-state index contributed by atoms with van der Waals surface area (Å²) in [5.41, 5.74) is 7.28. The Kier molecular flexibility index (Phi) is 3.83. The fraction of sp³-hybridized carbons (Fsp3) is 0.286. The first kappa shape index (κ1) is 11.7. The molecular formula is C14H17NO2. The van der Waals surface area contributed by atoms with Gasteiger partial charge in [0, 0.05) is 0 Å². The van der Waals surface area contributed by atoms with E-state index in [0.29, 0.717) is 0 Å². The van der Waals surface area contributed by atoms with E-state index in [1.54, 1.807) is 13.4 Å². The fourth-order valence-electron chi connectivity index (χ4n) is 1.76. The van der Waals surface area contributed by atoms with Crippen LogP contribution in [-0.4, -0.2) is 7.11 Å². The average molecular weight is 231 g/mol. The Morgan fingerprint density at radius 3 is 2.59 bits per heavy atom. The number of nitrogens with two attached hydrogens (primary N) is 1. The zero-order valence-electron chi connectivity index (χ0n) is 9.93. The van der Waals surface area contributed by atoms with Crippen LogP contribution in [0.1, 0.15) is 23.8 Å². The Balaban J connectivity index is 1.89. The molecule has 0 amide bonds. The van der Waals surface area contributed by atoms with E-state index in [1.807, 2.05) is 24.3 Å². The van der Waals surface area contributed by atoms with Gasteiger partial charge in [-0.25, -0.2) is 0 Å². The van der Waals surface area contributed by atoms with Crippen molar-refractivity contribution in [1.29, 1.82) is 0 Å². The number of furan rings is 1. The van der Waals surface area contributed by atoms with Crippen LogP contribution >= 0.6 is 0 Å². The highest BCUT2D eigenvalue weighted by atomic mass is 16.5. The molecule has 0 aliphatic carbocycles. The third-order valence-electron chi connectivity index (χ3n) is 2.81. The highest BCUT2D eigenvalue weighted by molar-refractivity contribution is 5.27. The molecule has 1 atom stereocenters. The first-order valence-electron chi connectivity index (χ1n) is 5.71. The maximum atomic E-state index is 6.02. The van der Waals surface area contributed by atoms with Gasteiger partial charge in [0.2, 0.25) is 0 Å². The van der Waals surface area contributed by atoms with Gasteiger partial charge in [-0.2, -0.15) is 0 Å². The van der Waals surface area contributed by atoms with Crippen molar-refractivity contribution in [2.75, 3.05) is 7.11 Å². The molecule has 0 fully saturated rings. The largest absolute Gasteiger partial charge is 0.497 e. The van der Waals surface area contributed by atoms with Crippen molar-refractivity contribution in [3.8, 4) is 5.75 Å². The van der Waals surface area contributed by atoms with Crippen molar-refractivity contribution in [2.45, 2.75) is 18.9 Å². The molecule has 1 heterocycles. The van der Waals surface area contributed by atoms with Crippen molar-refractivity contribution in [2.24, 2.45) is 5.73 Å². The molecule has 2 N–H and O–H groups in total. The van der Waals surface area contributed by atoms with Crippen LogP contribution in [-0.2, 0) is 6.42 Å². The van der Waals surface area contributed by atoms with E-state index in [0.717, 1.165) is 24.4 Å². The first-order valence-corrected chi connectivity index (χ1v) is 5.71. The predicted octanol–water partition coefficient (Wildman–Crippen LogP) is 2.92. The van der Waals surface area contributed by atoms with E-state index in [2.05, 4.69) is 12.1 Å². The van der Waals surface area contributed by atoms with Crippen LogP contribution in [0.3, 0.4) is 0 Å². The van der Waals surface area contributed by atoms with Crippen molar-refractivity contribution in [3.63, 3.8) is 0 Å². The second-order valence-corrected chi connectivity index (χ2v) is 4.01. The van der Waals surface area contributed by atoms with E-state index in [9.17, 15) is 0 Å². The van der Waals surface area contributed by atoms with Gasteiger partial charge < -0.3 is 14.9 Å². The second-order valence-electron chi connectivity index (χ2n) is 4.01. The van der Waals surface area contributed by atoms with Crippen molar-refractivity contribution >= 4 is 0 Å². The zero-order valence-corrected chi connectivity index (χ0v) is 9.93. The van der Waals surface area contributed by atoms with Crippen LogP contribution in [0.2, 0.25) is 0 Å². The average Bonchev–Trinajstić information content (AvgIpc) is 2.90. The quantitative estimate of drug-likeness (QED) is 0.860. The topological polar surface area (TPSA) is 48.4 Å². The second kappa shape index (κ2) is 5.55. The van der Waals surface area contributed by atoms with Crippen LogP contribution in [0, 0.1) is 0 Å². The van der Waals surface area contributed by atoms with Gasteiger partial charge in [-0.3, -0.25) is 0 Å². The third kappa shape index (κ3) is 3.11. The number of ether oxygens (including phenoxy) is 1. The summed E-state index contributed by atoms with van der Waals surface area (Å²) in [6.07, 6.45) is 3.47. The van der Waals surface area contributed by atoms with Gasteiger partial charge in [0.25, 0.3) is 0 Å². The van der Waals surface area contributed by atoms with Gasteiger partial charge in [-0.05, 0) is 42.7 Å². The fourth-order valence-corrected chi connectivity index (χ4v) is 1.76. The number of hydrogen-bond donors (Lipinski definition) is 1. The molecule has 0 spiro atoms. The highest BCUT2D eigenvalue weighted by Gasteiger charge is 2.08. The molecule has 90 valence electrons. The predicted molar refractivity (Wildman–Crippen MR) is 67.0 cm³/mol. The molecule has 3 nitrogen and oxygen atoms in total. The number of benzene rings is 1. The van der Waals surface area contributed by atoms with Crippen LogP contribution < -0.4 is 10.5 Å². The van der Waals surface area contributed by atoms with Gasteiger partial charge in [0.15, 0.2) is 0 Å². The van der Waals surface area contributed by atoms with Crippen LogP contribution in [0.5, 0.6) is 5.75 Å². The number of methoxy groups -OCH3 is 1. The molecule has 0 bridgehead atoms. The van der Waals surface area contributed by atoms with Crippen molar-refractivity contribution < 1.29 is 9.15 Å². The molecule has 0 radical (unpaired) electrons. The summed E-state index contributed by atoms with van der Waals surface area (Å²) in [5.74, 6) is 1.72. The van der Waals surface area contributed by atoms with Crippen LogP contribution in [0.4, 0.5) is 0 Å². The summed E-state index contributed by atoms with van der Waals surface area (Å²) in [4.78, 5) is 0. The Labute approximate surface area is 101 Å². The van der Waals surface area contributed by atoms with Gasteiger partial charge in [-0.1, -0.05) is 12.1 Å². The molecular weight excluding hydrogens is 214 g/mol. The van der Waals surface area contributed by atoms with Crippen LogP contribution in [0.25, 0.3) is 0 Å². The van der Waals surface area contributed by atoms with E-state index in [4.69, 9.17) is 14.9 Å². The molecule has 0 saturated carbocycles. The Hall–Kier alpha value is -1.74. The molecule has 0 saturated heterocycles. The molecule has 0 aliphatic heterocycles. The standard InChI is InChI=1S/C14H17NO2/c1-16-12-7-4-11(5-8-12)6-9-13(15)14-3-2-10-17-14/h2-5,7-8,10,13H,6,9,15H2,1H3. The summed E-state index contributed by atoms with van der Waals surface area (Å²) in [7, 11) is 1.67. The SMILES string of the molecule is COc1ccc(CCC(N)c2ccco2)cc1. The lowest BCUT2D eigenvalue weighted by Crippen LogP contribution is -2.10. The minimum atomic E-state index is -0.0351. The maximum Gasteiger partial charge on any atom is 0.120 e. The smallest absolute Gasteiger partial charge is 0.120 e. The van der Waals surface area contributed by atoms with E-state index in [1.165, 1.54) is 5.56 Å². The molecule has 2 aromatic rings. The zero-order chi connectivity index (χ0) is 12.1. The summed E-state index contributed by atoms with van der Waals surface area (Å²) in [6, 6.07) is 11.8. The third-order valence-corrected chi connectivity index (χ3v) is 2.81. The maximum absolute atomic E-state index is 6.02. The van der Waals surface area contributed by atoms with Crippen molar-refractivity contribution in [1.82, 2.24) is 0 Å². The molecule has 17 heavy (non-hydrogen) atoms. The summed E-state index contributed by atoms with van der Waals surface area (Å²) >= 11 is 0. The summed E-state index contributed by atoms with van der Waals surface area (Å²) in [6.45, 7) is 0. The molecule has 1 unspecified atom stereocenters. The Morgan fingerprint density at radius 1 is 1.24 bits per heavy atom. The summed E-state index contributed by atoms with van der Waals surface area (Å²) in [5, 5.41) is 0. The lowest BCUT2D eigenvalue weighted by atomic mass is 10.0. The highest BCUT2D eigenvalue weighted by Crippen LogP contribution is 2.18. The minimum absolute atomic E-state index is 0.0351. The number of aryl methyl sites for hydroxylation is 1. The van der Waals surface area contributed by atoms with E-state index in [-0.39, 0.29) is 6.04 Å². The Morgan fingerprint density at radius 2 is 2.00 bits per heavy atom. The van der Waals surface area contributed by atoms with Gasteiger partial charge in [0.05, 0.1) is 19.4 Å².